The van der Waals surface area contributed by atoms with Gasteiger partial charge in [0, 0.05) is 17.5 Å². The van der Waals surface area contributed by atoms with Crippen molar-refractivity contribution >= 4 is 5.71 Å². The zero-order valence-electron chi connectivity index (χ0n) is 19.5. The van der Waals surface area contributed by atoms with E-state index in [4.69, 9.17) is 19.3 Å². The van der Waals surface area contributed by atoms with Gasteiger partial charge in [-0.25, -0.2) is 5.01 Å². The molecule has 5 nitrogen and oxygen atoms in total. The van der Waals surface area contributed by atoms with Crippen LogP contribution in [0.15, 0.2) is 108 Å². The summed E-state index contributed by atoms with van der Waals surface area (Å²) in [5, 5.41) is 7.13. The van der Waals surface area contributed by atoms with E-state index in [2.05, 4.69) is 47.5 Å². The Morgan fingerprint density at radius 3 is 2.34 bits per heavy atom. The molecule has 0 spiro atoms. The summed E-state index contributed by atoms with van der Waals surface area (Å²) in [6.07, 6.45) is 0.440. The molecular weight excluding hydrogens is 436 g/mol. The third-order valence-corrected chi connectivity index (χ3v) is 6.52. The van der Waals surface area contributed by atoms with Crippen molar-refractivity contribution in [3.63, 3.8) is 0 Å². The molecule has 0 aliphatic carbocycles. The first-order valence-electron chi connectivity index (χ1n) is 11.8. The molecule has 0 fully saturated rings. The third-order valence-electron chi connectivity index (χ3n) is 6.52. The second-order valence-corrected chi connectivity index (χ2v) is 8.70. The van der Waals surface area contributed by atoms with Gasteiger partial charge in [0.1, 0.15) is 12.4 Å². The highest BCUT2D eigenvalue weighted by atomic mass is 16.5. The van der Waals surface area contributed by atoms with Crippen molar-refractivity contribution in [1.29, 1.82) is 0 Å². The molecule has 4 aromatic rings. The van der Waals surface area contributed by atoms with Gasteiger partial charge < -0.3 is 14.2 Å². The van der Waals surface area contributed by atoms with Crippen LogP contribution in [0.1, 0.15) is 40.9 Å². The molecule has 0 bridgehead atoms. The van der Waals surface area contributed by atoms with Gasteiger partial charge in [-0.05, 0) is 41.5 Å². The Bertz CT molecular complexity index is 1340. The van der Waals surface area contributed by atoms with E-state index in [0.717, 1.165) is 51.6 Å². The fraction of sp³-hybridized carbons (Fsp3) is 0.167. The summed E-state index contributed by atoms with van der Waals surface area (Å²) < 4.78 is 18.2. The smallest absolute Gasteiger partial charge is 0.214 e. The molecule has 5 heteroatoms. The highest BCUT2D eigenvalue weighted by molar-refractivity contribution is 6.01. The molecule has 2 heterocycles. The summed E-state index contributed by atoms with van der Waals surface area (Å²) in [4.78, 5) is 0. The fourth-order valence-electron chi connectivity index (χ4n) is 4.74. The molecule has 0 N–H and O–H groups in total. The minimum Gasteiger partial charge on any atom is -0.493 e. The lowest BCUT2D eigenvalue weighted by atomic mass is 9.95. The first-order chi connectivity index (χ1) is 17.3. The summed E-state index contributed by atoms with van der Waals surface area (Å²) in [5.41, 5.74) is 5.44. The maximum atomic E-state index is 6.56. The van der Waals surface area contributed by atoms with Gasteiger partial charge in [0.05, 0.1) is 18.9 Å². The highest BCUT2D eigenvalue weighted by Crippen LogP contribution is 2.50. The highest BCUT2D eigenvalue weighted by Gasteiger charge is 2.42. The molecule has 0 unspecified atom stereocenters. The van der Waals surface area contributed by atoms with Crippen LogP contribution in [-0.2, 0) is 6.61 Å². The molecule has 0 radical (unpaired) electrons. The fourth-order valence-corrected chi connectivity index (χ4v) is 4.74. The topological polar surface area (TPSA) is 43.3 Å². The van der Waals surface area contributed by atoms with Crippen LogP contribution in [0.25, 0.3) is 0 Å². The van der Waals surface area contributed by atoms with Crippen LogP contribution < -0.4 is 14.2 Å². The SMILES string of the molecule is COc1cccc2c1O[C@H](c1ccc(OCc3ccccc3)cc1)N1N=C(c3ccccc3)C[C@H]21. The number of hydrogen-bond acceptors (Lipinski definition) is 5. The Kier molecular flexibility index (Phi) is 5.59. The summed E-state index contributed by atoms with van der Waals surface area (Å²) in [6, 6.07) is 34.7. The molecule has 4 aromatic carbocycles. The first kappa shape index (κ1) is 21.3. The lowest BCUT2D eigenvalue weighted by molar-refractivity contribution is -0.0209. The zero-order chi connectivity index (χ0) is 23.6. The Balaban J connectivity index is 1.31. The number of benzene rings is 4. The first-order valence-corrected chi connectivity index (χ1v) is 11.8. The minimum atomic E-state index is -0.367. The van der Waals surface area contributed by atoms with E-state index >= 15 is 0 Å². The molecule has 174 valence electrons. The van der Waals surface area contributed by atoms with Crippen LogP contribution in [0.5, 0.6) is 17.2 Å². The Morgan fingerprint density at radius 1 is 0.857 bits per heavy atom. The summed E-state index contributed by atoms with van der Waals surface area (Å²) in [7, 11) is 1.68. The third kappa shape index (κ3) is 4.10. The van der Waals surface area contributed by atoms with E-state index in [9.17, 15) is 0 Å². The average Bonchev–Trinajstić information content (AvgIpc) is 3.38. The zero-order valence-corrected chi connectivity index (χ0v) is 19.5. The molecule has 2 aliphatic heterocycles. The molecule has 6 rings (SSSR count). The number of hydrogen-bond donors (Lipinski definition) is 0. The van der Waals surface area contributed by atoms with Crippen LogP contribution in [-0.4, -0.2) is 17.8 Å². The molecular formula is C30H26N2O3. The Morgan fingerprint density at radius 2 is 1.60 bits per heavy atom. The number of ether oxygens (including phenoxy) is 3. The molecule has 2 atom stereocenters. The second-order valence-electron chi connectivity index (χ2n) is 8.70. The quantitative estimate of drug-likeness (QED) is 0.327. The standard InChI is InChI=1S/C30H26N2O3/c1-33-28-14-8-13-25-27-19-26(22-11-6-3-7-12-22)31-32(27)30(35-29(25)28)23-15-17-24(18-16-23)34-20-21-9-4-2-5-10-21/h2-18,27,30H,19-20H2,1H3/t27-,30-/m1/s1. The van der Waals surface area contributed by atoms with Crippen molar-refractivity contribution in [2.75, 3.05) is 7.11 Å². The number of hydrazone groups is 1. The molecule has 0 aromatic heterocycles. The molecule has 35 heavy (non-hydrogen) atoms. The van der Waals surface area contributed by atoms with Gasteiger partial charge >= 0.3 is 0 Å². The van der Waals surface area contributed by atoms with Crippen molar-refractivity contribution in [2.24, 2.45) is 5.10 Å². The molecule has 0 saturated heterocycles. The number of fused-ring (bicyclic) bond motifs is 3. The van der Waals surface area contributed by atoms with E-state index in [0.29, 0.717) is 6.61 Å². The number of para-hydroxylation sites is 1. The van der Waals surface area contributed by atoms with Crippen LogP contribution in [0.4, 0.5) is 0 Å². The van der Waals surface area contributed by atoms with Gasteiger partial charge in [0.25, 0.3) is 0 Å². The Labute approximate surface area is 205 Å². The van der Waals surface area contributed by atoms with Crippen LogP contribution in [0.3, 0.4) is 0 Å². The van der Waals surface area contributed by atoms with E-state index in [-0.39, 0.29) is 12.3 Å². The molecule has 0 amide bonds. The van der Waals surface area contributed by atoms with Crippen molar-refractivity contribution in [3.05, 3.63) is 125 Å². The monoisotopic (exact) mass is 462 g/mol. The predicted molar refractivity (Wildman–Crippen MR) is 136 cm³/mol. The van der Waals surface area contributed by atoms with Gasteiger partial charge in [-0.1, -0.05) is 72.8 Å². The lowest BCUT2D eigenvalue weighted by Crippen LogP contribution is -2.33. The summed E-state index contributed by atoms with van der Waals surface area (Å²) >= 11 is 0. The van der Waals surface area contributed by atoms with Gasteiger partial charge in [0.2, 0.25) is 6.23 Å². The lowest BCUT2D eigenvalue weighted by Gasteiger charge is -2.38. The van der Waals surface area contributed by atoms with E-state index in [1.165, 1.54) is 0 Å². The predicted octanol–water partition coefficient (Wildman–Crippen LogP) is 6.52. The number of nitrogens with zero attached hydrogens (tertiary/aromatic N) is 2. The van der Waals surface area contributed by atoms with Crippen molar-refractivity contribution in [2.45, 2.75) is 25.3 Å². The van der Waals surface area contributed by atoms with Gasteiger partial charge in [-0.3, -0.25) is 0 Å². The van der Waals surface area contributed by atoms with Crippen molar-refractivity contribution < 1.29 is 14.2 Å². The van der Waals surface area contributed by atoms with E-state index in [1.54, 1.807) is 7.11 Å². The summed E-state index contributed by atoms with van der Waals surface area (Å²) in [6.45, 7) is 0.531. The summed E-state index contributed by atoms with van der Waals surface area (Å²) in [5.74, 6) is 2.34. The van der Waals surface area contributed by atoms with Crippen LogP contribution in [0.2, 0.25) is 0 Å². The molecule has 0 saturated carbocycles. The maximum absolute atomic E-state index is 6.56. The van der Waals surface area contributed by atoms with Gasteiger partial charge in [0.15, 0.2) is 11.5 Å². The molecule has 2 aliphatic rings. The number of methoxy groups -OCH3 is 1. The van der Waals surface area contributed by atoms with E-state index in [1.807, 2.05) is 60.7 Å². The van der Waals surface area contributed by atoms with Crippen molar-refractivity contribution in [3.8, 4) is 17.2 Å². The van der Waals surface area contributed by atoms with Crippen LogP contribution in [0, 0.1) is 0 Å². The van der Waals surface area contributed by atoms with E-state index < -0.39 is 0 Å². The maximum Gasteiger partial charge on any atom is 0.214 e. The second kappa shape index (κ2) is 9.18. The Hall–Kier alpha value is -4.25. The van der Waals surface area contributed by atoms with Gasteiger partial charge in [-0.15, -0.1) is 0 Å². The normalized spacial score (nSPS) is 18.2. The average molecular weight is 463 g/mol. The van der Waals surface area contributed by atoms with Crippen LogP contribution >= 0.6 is 0 Å². The number of rotatable bonds is 6. The largest absolute Gasteiger partial charge is 0.493 e. The minimum absolute atomic E-state index is 0.0723. The van der Waals surface area contributed by atoms with Gasteiger partial charge in [-0.2, -0.15) is 5.10 Å². The van der Waals surface area contributed by atoms with Crippen molar-refractivity contribution in [1.82, 2.24) is 5.01 Å².